The molecule has 1 heterocycles. The Bertz CT molecular complexity index is 775. The van der Waals surface area contributed by atoms with Crippen LogP contribution in [0.5, 0.6) is 0 Å². The molecule has 0 aliphatic rings. The number of nitrogens with one attached hydrogen (secondary N) is 2. The van der Waals surface area contributed by atoms with Gasteiger partial charge >= 0.3 is 0 Å². The number of hydrogen-bond donors (Lipinski definition) is 2. The first-order valence-corrected chi connectivity index (χ1v) is 9.77. The van der Waals surface area contributed by atoms with Gasteiger partial charge in [0.05, 0.1) is 30.2 Å². The Balaban J connectivity index is 2.13. The number of methoxy groups -OCH3 is 1. The summed E-state index contributed by atoms with van der Waals surface area (Å²) >= 11 is 3.26. The molecule has 2 rings (SSSR count). The van der Waals surface area contributed by atoms with Crippen LogP contribution >= 0.6 is 15.9 Å². The predicted octanol–water partition coefficient (Wildman–Crippen LogP) is 2.21. The smallest absolute Gasteiger partial charge is 0.241 e. The maximum absolute atomic E-state index is 12.6. The summed E-state index contributed by atoms with van der Waals surface area (Å²) in [6, 6.07) is 8.67. The number of benzene rings is 1. The molecule has 1 atom stereocenters. The summed E-state index contributed by atoms with van der Waals surface area (Å²) in [5.74, 6) is 0.0551. The lowest BCUT2D eigenvalue weighted by atomic mass is 10.1. The normalized spacial score (nSPS) is 12.7. The van der Waals surface area contributed by atoms with Crippen LogP contribution in [0.2, 0.25) is 0 Å². The first-order valence-electron chi connectivity index (χ1n) is 7.49. The average molecular weight is 431 g/mol. The molecule has 25 heavy (non-hydrogen) atoms. The van der Waals surface area contributed by atoms with E-state index >= 15 is 0 Å². The zero-order chi connectivity index (χ0) is 18.3. The molecule has 1 amide bonds. The van der Waals surface area contributed by atoms with Gasteiger partial charge in [0.25, 0.3) is 0 Å². The number of halogens is 1. The Morgan fingerprint density at radius 1 is 1.28 bits per heavy atom. The van der Waals surface area contributed by atoms with Gasteiger partial charge in [0.2, 0.25) is 15.9 Å². The Morgan fingerprint density at radius 3 is 2.60 bits per heavy atom. The van der Waals surface area contributed by atoms with Crippen molar-refractivity contribution in [1.82, 2.24) is 10.0 Å². The highest BCUT2D eigenvalue weighted by atomic mass is 79.9. The van der Waals surface area contributed by atoms with Gasteiger partial charge in [0.15, 0.2) is 0 Å². The summed E-state index contributed by atoms with van der Waals surface area (Å²) < 4.78 is 38.6. The standard InChI is InChI=1S/C16H19BrN2O5S/c1-23-10-8-18-16(20)11-14(15-3-2-9-24-15)19-25(21,22)13-6-4-12(17)5-7-13/h2-7,9,14,19H,8,10-11H2,1H3,(H,18,20)/t14-/m0/s1. The number of carbonyl (C=O) groups is 1. The fourth-order valence-electron chi connectivity index (χ4n) is 2.11. The fourth-order valence-corrected chi connectivity index (χ4v) is 3.58. The highest BCUT2D eigenvalue weighted by Crippen LogP contribution is 2.22. The number of carbonyl (C=O) groups excluding carboxylic acids is 1. The van der Waals surface area contributed by atoms with Crippen molar-refractivity contribution < 1.29 is 22.4 Å². The monoisotopic (exact) mass is 430 g/mol. The van der Waals surface area contributed by atoms with Crippen LogP contribution in [0.4, 0.5) is 0 Å². The van der Waals surface area contributed by atoms with Crippen LogP contribution < -0.4 is 10.0 Å². The van der Waals surface area contributed by atoms with Gasteiger partial charge in [0, 0.05) is 18.1 Å². The highest BCUT2D eigenvalue weighted by molar-refractivity contribution is 9.10. The molecular formula is C16H19BrN2O5S. The topological polar surface area (TPSA) is 97.6 Å². The van der Waals surface area contributed by atoms with E-state index in [4.69, 9.17) is 9.15 Å². The molecule has 0 aliphatic heterocycles. The molecule has 0 unspecified atom stereocenters. The second-order valence-corrected chi connectivity index (χ2v) is 7.82. The van der Waals surface area contributed by atoms with Crippen LogP contribution in [0.25, 0.3) is 0 Å². The molecule has 9 heteroatoms. The van der Waals surface area contributed by atoms with E-state index in [2.05, 4.69) is 26.0 Å². The Labute approximate surface area is 154 Å². The number of furan rings is 1. The van der Waals surface area contributed by atoms with Crippen molar-refractivity contribution in [2.24, 2.45) is 0 Å². The van der Waals surface area contributed by atoms with Crippen molar-refractivity contribution in [1.29, 1.82) is 0 Å². The molecule has 0 bridgehead atoms. The van der Waals surface area contributed by atoms with Gasteiger partial charge in [-0.05, 0) is 36.4 Å². The Hall–Kier alpha value is -1.68. The lowest BCUT2D eigenvalue weighted by Gasteiger charge is -2.17. The molecule has 1 aromatic carbocycles. The second kappa shape index (κ2) is 9.14. The Kier molecular flexibility index (Phi) is 7.18. The minimum absolute atomic E-state index is 0.0903. The van der Waals surface area contributed by atoms with E-state index in [1.165, 1.54) is 25.5 Å². The van der Waals surface area contributed by atoms with Crippen LogP contribution in [-0.2, 0) is 19.6 Å². The summed E-state index contributed by atoms with van der Waals surface area (Å²) in [5.41, 5.74) is 0. The summed E-state index contributed by atoms with van der Waals surface area (Å²) in [6.07, 6.45) is 1.34. The van der Waals surface area contributed by atoms with Crippen molar-refractivity contribution in [2.75, 3.05) is 20.3 Å². The molecule has 1 aromatic heterocycles. The fraction of sp³-hybridized carbons (Fsp3) is 0.312. The largest absolute Gasteiger partial charge is 0.468 e. The van der Waals surface area contributed by atoms with Crippen LogP contribution in [-0.4, -0.2) is 34.6 Å². The quantitative estimate of drug-likeness (QED) is 0.594. The summed E-state index contributed by atoms with van der Waals surface area (Å²) in [6.45, 7) is 0.724. The van der Waals surface area contributed by atoms with Crippen molar-refractivity contribution >= 4 is 31.9 Å². The zero-order valence-corrected chi connectivity index (χ0v) is 16.0. The SMILES string of the molecule is COCCNC(=O)C[C@H](NS(=O)(=O)c1ccc(Br)cc1)c1ccco1. The van der Waals surface area contributed by atoms with Crippen molar-refractivity contribution in [3.8, 4) is 0 Å². The molecule has 0 saturated carbocycles. The number of hydrogen-bond acceptors (Lipinski definition) is 5. The first-order chi connectivity index (χ1) is 11.9. The minimum Gasteiger partial charge on any atom is -0.468 e. The Morgan fingerprint density at radius 2 is 2.00 bits per heavy atom. The van der Waals surface area contributed by atoms with Gasteiger partial charge in [-0.1, -0.05) is 15.9 Å². The third-order valence-electron chi connectivity index (χ3n) is 3.33. The van der Waals surface area contributed by atoms with Crippen molar-refractivity contribution in [3.63, 3.8) is 0 Å². The molecule has 136 valence electrons. The van der Waals surface area contributed by atoms with Crippen LogP contribution in [0.1, 0.15) is 18.2 Å². The van der Waals surface area contributed by atoms with Crippen LogP contribution in [0.15, 0.2) is 56.4 Å². The first kappa shape index (κ1) is 19.6. The molecule has 2 aromatic rings. The van der Waals surface area contributed by atoms with Gasteiger partial charge < -0.3 is 14.5 Å². The second-order valence-electron chi connectivity index (χ2n) is 5.19. The third kappa shape index (κ3) is 5.96. The molecule has 7 nitrogen and oxygen atoms in total. The van der Waals surface area contributed by atoms with Gasteiger partial charge in [-0.3, -0.25) is 4.79 Å². The molecule has 0 saturated heterocycles. The predicted molar refractivity (Wildman–Crippen MR) is 95.4 cm³/mol. The van der Waals surface area contributed by atoms with Crippen LogP contribution in [0, 0.1) is 0 Å². The van der Waals surface area contributed by atoms with Gasteiger partial charge in [-0.25, -0.2) is 8.42 Å². The van der Waals surface area contributed by atoms with E-state index < -0.39 is 16.1 Å². The summed E-state index contributed by atoms with van der Waals surface area (Å²) in [4.78, 5) is 12.1. The molecule has 0 fully saturated rings. The van der Waals surface area contributed by atoms with E-state index in [0.29, 0.717) is 18.9 Å². The lowest BCUT2D eigenvalue weighted by Crippen LogP contribution is -2.34. The maximum atomic E-state index is 12.6. The number of ether oxygens (including phenoxy) is 1. The van der Waals surface area contributed by atoms with Gasteiger partial charge in [0.1, 0.15) is 5.76 Å². The third-order valence-corrected chi connectivity index (χ3v) is 5.34. The minimum atomic E-state index is -3.81. The van der Waals surface area contributed by atoms with Crippen molar-refractivity contribution in [2.45, 2.75) is 17.4 Å². The van der Waals surface area contributed by atoms with Crippen molar-refractivity contribution in [3.05, 3.63) is 52.9 Å². The number of amides is 1. The molecule has 0 radical (unpaired) electrons. The molecule has 0 spiro atoms. The van der Waals surface area contributed by atoms with Crippen LogP contribution in [0.3, 0.4) is 0 Å². The summed E-state index contributed by atoms with van der Waals surface area (Å²) in [7, 11) is -2.28. The molecular weight excluding hydrogens is 412 g/mol. The van der Waals surface area contributed by atoms with E-state index in [1.54, 1.807) is 24.3 Å². The zero-order valence-electron chi connectivity index (χ0n) is 13.6. The number of sulfonamides is 1. The van der Waals surface area contributed by atoms with E-state index in [0.717, 1.165) is 4.47 Å². The lowest BCUT2D eigenvalue weighted by molar-refractivity contribution is -0.121. The van der Waals surface area contributed by atoms with E-state index in [-0.39, 0.29) is 17.2 Å². The molecule has 0 aliphatic carbocycles. The van der Waals surface area contributed by atoms with Gasteiger partial charge in [-0.2, -0.15) is 4.72 Å². The summed E-state index contributed by atoms with van der Waals surface area (Å²) in [5, 5.41) is 2.66. The van der Waals surface area contributed by atoms with Gasteiger partial charge in [-0.15, -0.1) is 0 Å². The number of rotatable bonds is 9. The van der Waals surface area contributed by atoms with E-state index in [9.17, 15) is 13.2 Å². The maximum Gasteiger partial charge on any atom is 0.241 e. The molecule has 2 N–H and O–H groups in total. The average Bonchev–Trinajstić information content (AvgIpc) is 3.09. The van der Waals surface area contributed by atoms with E-state index in [1.807, 2.05) is 0 Å². The highest BCUT2D eigenvalue weighted by Gasteiger charge is 2.25.